The fourth-order valence-electron chi connectivity index (χ4n) is 2.56. The number of anilines is 1. The minimum absolute atomic E-state index is 0.477. The second-order valence-corrected chi connectivity index (χ2v) is 5.30. The number of rotatable bonds is 6. The van der Waals surface area contributed by atoms with Crippen molar-refractivity contribution in [1.82, 2.24) is 4.90 Å². The second kappa shape index (κ2) is 7.11. The summed E-state index contributed by atoms with van der Waals surface area (Å²) in [4.78, 5) is 2.49. The fourth-order valence-corrected chi connectivity index (χ4v) is 2.56. The van der Waals surface area contributed by atoms with Gasteiger partial charge < -0.3 is 5.73 Å². The maximum absolute atomic E-state index is 6.04. The number of nitrogens with two attached hydrogens (primary N) is 1. The zero-order valence-corrected chi connectivity index (χ0v) is 12.4. The molecular weight excluding hydrogens is 244 g/mol. The highest BCUT2D eigenvalue weighted by atomic mass is 15.1. The Bertz CT molecular complexity index is 522. The topological polar surface area (TPSA) is 29.3 Å². The minimum atomic E-state index is 0.477. The first-order valence-electron chi connectivity index (χ1n) is 7.32. The van der Waals surface area contributed by atoms with Crippen molar-refractivity contribution in [2.45, 2.75) is 32.9 Å². The number of nitrogen functional groups attached to an aromatic ring is 1. The Balaban J connectivity index is 2.02. The third kappa shape index (κ3) is 3.84. The number of benzene rings is 2. The molecule has 0 radical (unpaired) electrons. The fraction of sp³-hybridized carbons (Fsp3) is 0.333. The van der Waals surface area contributed by atoms with Gasteiger partial charge in [0.15, 0.2) is 0 Å². The maximum atomic E-state index is 6.04. The molecule has 2 heteroatoms. The van der Waals surface area contributed by atoms with Gasteiger partial charge in [0.1, 0.15) is 0 Å². The molecule has 0 fully saturated rings. The van der Waals surface area contributed by atoms with E-state index in [1.807, 2.05) is 12.1 Å². The van der Waals surface area contributed by atoms with E-state index in [1.54, 1.807) is 0 Å². The van der Waals surface area contributed by atoms with Crippen LogP contribution >= 0.6 is 0 Å². The number of likely N-dealkylation sites (N-methyl/N-ethyl adjacent to an activating group) is 1. The lowest BCUT2D eigenvalue weighted by molar-refractivity contribution is 0.210. The summed E-state index contributed by atoms with van der Waals surface area (Å²) < 4.78 is 0. The average Bonchev–Trinajstić information content (AvgIpc) is 2.48. The summed E-state index contributed by atoms with van der Waals surface area (Å²) in [7, 11) is 0. The molecule has 2 aromatic carbocycles. The molecule has 1 unspecified atom stereocenters. The molecule has 2 nitrogen and oxygen atoms in total. The van der Waals surface area contributed by atoms with Crippen LogP contribution in [0.3, 0.4) is 0 Å². The first-order chi connectivity index (χ1) is 9.70. The molecule has 0 spiro atoms. The number of hydrogen-bond acceptors (Lipinski definition) is 2. The first kappa shape index (κ1) is 14.6. The van der Waals surface area contributed by atoms with Crippen molar-refractivity contribution in [2.75, 3.05) is 12.3 Å². The molecule has 1 atom stereocenters. The molecule has 0 aromatic heterocycles. The largest absolute Gasteiger partial charge is 0.399 e. The van der Waals surface area contributed by atoms with Crippen molar-refractivity contribution < 1.29 is 0 Å². The van der Waals surface area contributed by atoms with Gasteiger partial charge in [0, 0.05) is 18.3 Å². The normalized spacial score (nSPS) is 12.6. The minimum Gasteiger partial charge on any atom is -0.399 e. The van der Waals surface area contributed by atoms with Crippen molar-refractivity contribution in [2.24, 2.45) is 0 Å². The molecule has 0 aliphatic rings. The van der Waals surface area contributed by atoms with E-state index >= 15 is 0 Å². The summed E-state index contributed by atoms with van der Waals surface area (Å²) in [6, 6.07) is 19.3. The van der Waals surface area contributed by atoms with Gasteiger partial charge in [0.25, 0.3) is 0 Å². The van der Waals surface area contributed by atoms with Crippen LogP contribution in [0.1, 0.15) is 25.0 Å². The van der Waals surface area contributed by atoms with Gasteiger partial charge in [-0.3, -0.25) is 4.90 Å². The zero-order valence-electron chi connectivity index (χ0n) is 12.4. The molecule has 106 valence electrons. The van der Waals surface area contributed by atoms with E-state index in [0.717, 1.165) is 25.2 Å². The lowest BCUT2D eigenvalue weighted by Gasteiger charge is -2.28. The molecule has 0 amide bonds. The van der Waals surface area contributed by atoms with E-state index in [2.05, 4.69) is 61.2 Å². The third-order valence-corrected chi connectivity index (χ3v) is 3.83. The smallest absolute Gasteiger partial charge is 0.0347 e. The van der Waals surface area contributed by atoms with Gasteiger partial charge in [-0.2, -0.15) is 0 Å². The van der Waals surface area contributed by atoms with E-state index in [4.69, 9.17) is 5.73 Å². The number of nitrogens with zero attached hydrogens (tertiary/aromatic N) is 1. The van der Waals surface area contributed by atoms with Crippen LogP contribution in [0.5, 0.6) is 0 Å². The van der Waals surface area contributed by atoms with Gasteiger partial charge in [0.05, 0.1) is 0 Å². The Morgan fingerprint density at radius 3 is 2.30 bits per heavy atom. The van der Waals surface area contributed by atoms with Crippen LogP contribution < -0.4 is 5.73 Å². The monoisotopic (exact) mass is 268 g/mol. The summed E-state index contributed by atoms with van der Waals surface area (Å²) in [6.07, 6.45) is 0.993. The van der Waals surface area contributed by atoms with Crippen molar-refractivity contribution in [3.63, 3.8) is 0 Å². The quantitative estimate of drug-likeness (QED) is 0.809. The Morgan fingerprint density at radius 2 is 1.65 bits per heavy atom. The van der Waals surface area contributed by atoms with E-state index in [-0.39, 0.29) is 0 Å². The molecule has 0 aliphatic heterocycles. The molecule has 2 aromatic rings. The molecule has 2 N–H and O–H groups in total. The summed E-state index contributed by atoms with van der Waals surface area (Å²) in [5, 5.41) is 0. The molecule has 0 bridgehead atoms. The molecular formula is C18H24N2. The van der Waals surface area contributed by atoms with Crippen molar-refractivity contribution in [1.29, 1.82) is 0 Å². The van der Waals surface area contributed by atoms with Gasteiger partial charge in [-0.1, -0.05) is 55.5 Å². The Labute approximate surface area is 122 Å². The predicted molar refractivity (Wildman–Crippen MR) is 86.5 cm³/mol. The standard InChI is InChI=1S/C18H24N2/c1-3-20(14-16-9-5-4-6-10-16)15(2)13-17-11-7-8-12-18(17)19/h4-12,15H,3,13-14,19H2,1-2H3. The highest BCUT2D eigenvalue weighted by Crippen LogP contribution is 2.17. The van der Waals surface area contributed by atoms with E-state index in [9.17, 15) is 0 Å². The Hall–Kier alpha value is -1.80. The van der Waals surface area contributed by atoms with Gasteiger partial charge in [0.2, 0.25) is 0 Å². The van der Waals surface area contributed by atoms with Crippen LogP contribution in [0.4, 0.5) is 5.69 Å². The molecule has 0 heterocycles. The van der Waals surface area contributed by atoms with Crippen LogP contribution in [-0.4, -0.2) is 17.5 Å². The highest BCUT2D eigenvalue weighted by Gasteiger charge is 2.14. The van der Waals surface area contributed by atoms with Crippen LogP contribution in [0.2, 0.25) is 0 Å². The summed E-state index contributed by atoms with van der Waals surface area (Å²) in [5.74, 6) is 0. The molecule has 0 saturated heterocycles. The van der Waals surface area contributed by atoms with Crippen molar-refractivity contribution in [3.8, 4) is 0 Å². The molecule has 0 aliphatic carbocycles. The number of para-hydroxylation sites is 1. The maximum Gasteiger partial charge on any atom is 0.0347 e. The van der Waals surface area contributed by atoms with Crippen molar-refractivity contribution >= 4 is 5.69 Å². The second-order valence-electron chi connectivity index (χ2n) is 5.30. The van der Waals surface area contributed by atoms with Crippen LogP contribution in [0.15, 0.2) is 54.6 Å². The molecule has 20 heavy (non-hydrogen) atoms. The average molecular weight is 268 g/mol. The Kier molecular flexibility index (Phi) is 5.19. The summed E-state index contributed by atoms with van der Waals surface area (Å²) in [6.45, 7) is 6.53. The summed E-state index contributed by atoms with van der Waals surface area (Å²) in [5.41, 5.74) is 9.55. The third-order valence-electron chi connectivity index (χ3n) is 3.83. The summed E-state index contributed by atoms with van der Waals surface area (Å²) >= 11 is 0. The van der Waals surface area contributed by atoms with Crippen LogP contribution in [0, 0.1) is 0 Å². The van der Waals surface area contributed by atoms with Gasteiger partial charge in [-0.15, -0.1) is 0 Å². The van der Waals surface area contributed by atoms with Crippen LogP contribution in [0.25, 0.3) is 0 Å². The highest BCUT2D eigenvalue weighted by molar-refractivity contribution is 5.46. The lowest BCUT2D eigenvalue weighted by atomic mass is 10.0. The zero-order chi connectivity index (χ0) is 14.4. The molecule has 0 saturated carbocycles. The van der Waals surface area contributed by atoms with Crippen molar-refractivity contribution in [3.05, 3.63) is 65.7 Å². The van der Waals surface area contributed by atoms with Gasteiger partial charge >= 0.3 is 0 Å². The Morgan fingerprint density at radius 1 is 1.00 bits per heavy atom. The van der Waals surface area contributed by atoms with E-state index in [0.29, 0.717) is 6.04 Å². The molecule has 2 rings (SSSR count). The van der Waals surface area contributed by atoms with E-state index < -0.39 is 0 Å². The van der Waals surface area contributed by atoms with E-state index in [1.165, 1.54) is 11.1 Å². The predicted octanol–water partition coefficient (Wildman–Crippen LogP) is 3.72. The lowest BCUT2D eigenvalue weighted by Crippen LogP contribution is -2.34. The SMILES string of the molecule is CCN(Cc1ccccc1)C(C)Cc1ccccc1N. The first-order valence-corrected chi connectivity index (χ1v) is 7.32. The van der Waals surface area contributed by atoms with Crippen LogP contribution in [-0.2, 0) is 13.0 Å². The number of hydrogen-bond donors (Lipinski definition) is 1. The van der Waals surface area contributed by atoms with Gasteiger partial charge in [-0.25, -0.2) is 0 Å². The van der Waals surface area contributed by atoms with Gasteiger partial charge in [-0.05, 0) is 37.1 Å².